The van der Waals surface area contributed by atoms with Gasteiger partial charge in [-0.25, -0.2) is 0 Å². The number of unbranched alkanes of at least 4 members (excludes halogenated alkanes) is 1. The molecule has 2 aromatic heterocycles. The SMILES string of the molecule is CN=C(NCCCCn1c(C)cccc1=O)N1CCN(c2cnn(C)c2)C(=O)C1. The highest BCUT2D eigenvalue weighted by Crippen LogP contribution is 2.16. The number of guanidine groups is 1. The quantitative estimate of drug-likeness (QED) is 0.437. The predicted octanol–water partition coefficient (Wildman–Crippen LogP) is 0.595. The third kappa shape index (κ3) is 5.04. The van der Waals surface area contributed by atoms with E-state index in [2.05, 4.69) is 15.4 Å². The standard InChI is InChI=1S/C20H29N7O2/c1-16-7-6-8-18(28)26(16)10-5-4-9-22-20(21-2)25-11-12-27(19(29)15-25)17-13-23-24(3)14-17/h6-8,13-14H,4-5,9-12,15H2,1-3H3,(H,21,22). The van der Waals surface area contributed by atoms with E-state index in [1.54, 1.807) is 39.5 Å². The number of nitrogens with zero attached hydrogens (tertiary/aromatic N) is 6. The van der Waals surface area contributed by atoms with Crippen molar-refractivity contribution < 1.29 is 4.79 Å². The van der Waals surface area contributed by atoms with E-state index in [0.717, 1.165) is 36.7 Å². The Balaban J connectivity index is 1.45. The number of piperazine rings is 1. The van der Waals surface area contributed by atoms with E-state index in [9.17, 15) is 9.59 Å². The highest BCUT2D eigenvalue weighted by molar-refractivity contribution is 5.98. The molecule has 0 aromatic carbocycles. The fourth-order valence-corrected chi connectivity index (χ4v) is 3.51. The number of aryl methyl sites for hydroxylation is 2. The minimum absolute atomic E-state index is 0.0335. The van der Waals surface area contributed by atoms with Gasteiger partial charge >= 0.3 is 0 Å². The predicted molar refractivity (Wildman–Crippen MR) is 113 cm³/mol. The molecule has 0 spiro atoms. The summed E-state index contributed by atoms with van der Waals surface area (Å²) in [6.07, 6.45) is 5.35. The van der Waals surface area contributed by atoms with Crippen LogP contribution in [0.15, 0.2) is 40.4 Å². The number of carbonyl (C=O) groups is 1. The summed E-state index contributed by atoms with van der Waals surface area (Å²) in [7, 11) is 3.57. The molecule has 0 radical (unpaired) electrons. The Bertz CT molecular complexity index is 931. The van der Waals surface area contributed by atoms with Crippen LogP contribution in [0, 0.1) is 6.92 Å². The lowest BCUT2D eigenvalue weighted by Crippen LogP contribution is -2.55. The molecule has 3 rings (SSSR count). The molecule has 1 saturated heterocycles. The molecule has 1 N–H and O–H groups in total. The van der Waals surface area contributed by atoms with Crippen LogP contribution in [0.3, 0.4) is 0 Å². The second-order valence-corrected chi connectivity index (χ2v) is 7.18. The van der Waals surface area contributed by atoms with E-state index in [1.165, 1.54) is 0 Å². The van der Waals surface area contributed by atoms with Crippen LogP contribution < -0.4 is 15.8 Å². The maximum absolute atomic E-state index is 12.6. The first-order valence-corrected chi connectivity index (χ1v) is 9.90. The third-order valence-corrected chi connectivity index (χ3v) is 5.09. The fourth-order valence-electron chi connectivity index (χ4n) is 3.51. The van der Waals surface area contributed by atoms with Crippen molar-refractivity contribution in [3.05, 3.63) is 46.6 Å². The highest BCUT2D eigenvalue weighted by atomic mass is 16.2. The Morgan fingerprint density at radius 1 is 1.24 bits per heavy atom. The molecule has 0 unspecified atom stereocenters. The molecule has 156 valence electrons. The van der Waals surface area contributed by atoms with Crippen molar-refractivity contribution in [1.29, 1.82) is 0 Å². The van der Waals surface area contributed by atoms with Crippen LogP contribution >= 0.6 is 0 Å². The van der Waals surface area contributed by atoms with Gasteiger partial charge in [-0.2, -0.15) is 5.10 Å². The Morgan fingerprint density at radius 2 is 2.07 bits per heavy atom. The van der Waals surface area contributed by atoms with E-state index in [-0.39, 0.29) is 18.0 Å². The molecule has 9 nitrogen and oxygen atoms in total. The van der Waals surface area contributed by atoms with Crippen LogP contribution in [0.2, 0.25) is 0 Å². The molecule has 29 heavy (non-hydrogen) atoms. The van der Waals surface area contributed by atoms with Crippen molar-refractivity contribution in [2.45, 2.75) is 26.3 Å². The van der Waals surface area contributed by atoms with E-state index in [4.69, 9.17) is 0 Å². The number of aromatic nitrogens is 3. The van der Waals surface area contributed by atoms with Crippen LogP contribution in [0.25, 0.3) is 0 Å². The van der Waals surface area contributed by atoms with Crippen molar-refractivity contribution in [3.63, 3.8) is 0 Å². The van der Waals surface area contributed by atoms with Crippen LogP contribution in [0.4, 0.5) is 5.69 Å². The monoisotopic (exact) mass is 399 g/mol. The summed E-state index contributed by atoms with van der Waals surface area (Å²) >= 11 is 0. The summed E-state index contributed by atoms with van der Waals surface area (Å²) in [5, 5.41) is 7.47. The number of rotatable bonds is 6. The van der Waals surface area contributed by atoms with Crippen LogP contribution in [-0.4, -0.2) is 64.3 Å². The molecule has 1 aliphatic rings. The summed E-state index contributed by atoms with van der Waals surface area (Å²) in [4.78, 5) is 32.5. The zero-order valence-electron chi connectivity index (χ0n) is 17.3. The molecule has 1 fully saturated rings. The number of hydrogen-bond acceptors (Lipinski definition) is 4. The van der Waals surface area contributed by atoms with Gasteiger partial charge in [0.1, 0.15) is 6.54 Å². The summed E-state index contributed by atoms with van der Waals surface area (Å²) in [5.74, 6) is 0.767. The molecule has 0 bridgehead atoms. The average Bonchev–Trinajstić information content (AvgIpc) is 3.12. The van der Waals surface area contributed by atoms with Gasteiger partial charge in [-0.3, -0.25) is 19.3 Å². The van der Waals surface area contributed by atoms with Gasteiger partial charge in [-0.15, -0.1) is 0 Å². The molecule has 9 heteroatoms. The molecule has 1 aliphatic heterocycles. The van der Waals surface area contributed by atoms with Gasteiger partial charge in [0.15, 0.2) is 5.96 Å². The van der Waals surface area contributed by atoms with E-state index in [0.29, 0.717) is 19.6 Å². The Kier molecular flexibility index (Phi) is 6.69. The van der Waals surface area contributed by atoms with Gasteiger partial charge in [0.25, 0.3) is 5.56 Å². The molecule has 0 aliphatic carbocycles. The maximum atomic E-state index is 12.6. The molecule has 2 aromatic rings. The molecular weight excluding hydrogens is 370 g/mol. The third-order valence-electron chi connectivity index (χ3n) is 5.09. The van der Waals surface area contributed by atoms with Crippen LogP contribution in [0.1, 0.15) is 18.5 Å². The molecule has 1 amide bonds. The highest BCUT2D eigenvalue weighted by Gasteiger charge is 2.27. The lowest BCUT2D eigenvalue weighted by atomic mass is 10.2. The lowest BCUT2D eigenvalue weighted by molar-refractivity contribution is -0.120. The first kappa shape index (κ1) is 20.6. The van der Waals surface area contributed by atoms with Crippen molar-refractivity contribution in [2.24, 2.45) is 12.0 Å². The first-order valence-electron chi connectivity index (χ1n) is 9.90. The number of carbonyl (C=O) groups excluding carboxylic acids is 1. The number of anilines is 1. The fraction of sp³-hybridized carbons (Fsp3) is 0.500. The Labute approximate surface area is 170 Å². The number of aliphatic imine (C=N–C) groups is 1. The van der Waals surface area contributed by atoms with Gasteiger partial charge in [0.05, 0.1) is 11.9 Å². The normalized spacial score (nSPS) is 15.1. The summed E-state index contributed by atoms with van der Waals surface area (Å²) < 4.78 is 3.49. The number of amides is 1. The zero-order valence-corrected chi connectivity index (χ0v) is 17.3. The van der Waals surface area contributed by atoms with E-state index < -0.39 is 0 Å². The topological polar surface area (TPSA) is 87.8 Å². The lowest BCUT2D eigenvalue weighted by Gasteiger charge is -2.35. The summed E-state index contributed by atoms with van der Waals surface area (Å²) in [5.41, 5.74) is 1.84. The number of hydrogen-bond donors (Lipinski definition) is 1. The van der Waals surface area contributed by atoms with Gasteiger partial charge < -0.3 is 19.7 Å². The van der Waals surface area contributed by atoms with Gasteiger partial charge in [-0.1, -0.05) is 6.07 Å². The molecular formula is C20H29N7O2. The summed E-state index contributed by atoms with van der Waals surface area (Å²) in [6, 6.07) is 5.33. The molecule has 3 heterocycles. The smallest absolute Gasteiger partial charge is 0.250 e. The molecule has 0 saturated carbocycles. The zero-order chi connectivity index (χ0) is 20.8. The Morgan fingerprint density at radius 3 is 2.72 bits per heavy atom. The van der Waals surface area contributed by atoms with Gasteiger partial charge in [-0.05, 0) is 25.8 Å². The second kappa shape index (κ2) is 9.40. The van der Waals surface area contributed by atoms with Crippen molar-refractivity contribution in [1.82, 2.24) is 24.6 Å². The average molecular weight is 399 g/mol. The van der Waals surface area contributed by atoms with E-state index >= 15 is 0 Å². The van der Waals surface area contributed by atoms with Crippen molar-refractivity contribution >= 4 is 17.6 Å². The largest absolute Gasteiger partial charge is 0.356 e. The van der Waals surface area contributed by atoms with Gasteiger partial charge in [0.2, 0.25) is 5.91 Å². The Hall–Kier alpha value is -3.10. The number of nitrogens with one attached hydrogen (secondary N) is 1. The van der Waals surface area contributed by atoms with Crippen molar-refractivity contribution in [2.75, 3.05) is 38.1 Å². The minimum atomic E-state index is 0.0335. The van der Waals surface area contributed by atoms with E-state index in [1.807, 2.05) is 31.1 Å². The van der Waals surface area contributed by atoms with Crippen LogP contribution in [-0.2, 0) is 18.4 Å². The van der Waals surface area contributed by atoms with Crippen molar-refractivity contribution in [3.8, 4) is 0 Å². The molecule has 0 atom stereocenters. The minimum Gasteiger partial charge on any atom is -0.356 e. The van der Waals surface area contributed by atoms with Gasteiger partial charge in [0, 0.05) is 58.2 Å². The van der Waals surface area contributed by atoms with Crippen LogP contribution in [0.5, 0.6) is 0 Å². The number of pyridine rings is 1. The maximum Gasteiger partial charge on any atom is 0.250 e. The first-order chi connectivity index (χ1) is 14.0. The second-order valence-electron chi connectivity index (χ2n) is 7.18. The summed E-state index contributed by atoms with van der Waals surface area (Å²) in [6.45, 7) is 4.98.